The number of benzene rings is 2. The van der Waals surface area contributed by atoms with Crippen LogP contribution in [-0.2, 0) is 9.84 Å². The zero-order valence-electron chi connectivity index (χ0n) is 16.7. The summed E-state index contributed by atoms with van der Waals surface area (Å²) in [6.45, 7) is 2.26. The van der Waals surface area contributed by atoms with E-state index in [-0.39, 0.29) is 23.1 Å². The molecule has 0 radical (unpaired) electrons. The van der Waals surface area contributed by atoms with E-state index in [1.807, 2.05) is 6.92 Å². The quantitative estimate of drug-likeness (QED) is 0.558. The maximum Gasteiger partial charge on any atom is 0.251 e. The van der Waals surface area contributed by atoms with Crippen LogP contribution in [-0.4, -0.2) is 34.6 Å². The van der Waals surface area contributed by atoms with E-state index in [1.54, 1.807) is 48.5 Å². The topological polar surface area (TPSA) is 94.8 Å². The molecular weight excluding hydrogens is 406 g/mol. The highest BCUT2D eigenvalue weighted by Gasteiger charge is 2.32. The molecule has 1 aromatic heterocycles. The van der Waals surface area contributed by atoms with Gasteiger partial charge >= 0.3 is 0 Å². The van der Waals surface area contributed by atoms with Gasteiger partial charge in [0.2, 0.25) is 0 Å². The molecule has 0 aliphatic heterocycles. The Hall–Kier alpha value is -3.26. The van der Waals surface area contributed by atoms with Crippen LogP contribution in [0.25, 0.3) is 0 Å². The van der Waals surface area contributed by atoms with Crippen LogP contribution < -0.4 is 14.8 Å². The smallest absolute Gasteiger partial charge is 0.251 e. The van der Waals surface area contributed by atoms with Gasteiger partial charge in [0.05, 0.1) is 24.9 Å². The SMILES string of the molecule is CCOc1ccc(C(=O)NC[C@H](c2ccco2)S(=O)(=O)c2ccc(OC)cc2)cc1. The molecule has 0 spiro atoms. The molecular formula is C22H23NO6S. The number of ether oxygens (including phenoxy) is 2. The second-order valence-corrected chi connectivity index (χ2v) is 8.52. The van der Waals surface area contributed by atoms with Gasteiger partial charge in [0.15, 0.2) is 9.84 Å². The first-order chi connectivity index (χ1) is 14.5. The van der Waals surface area contributed by atoms with Gasteiger partial charge < -0.3 is 19.2 Å². The molecule has 3 rings (SSSR count). The van der Waals surface area contributed by atoms with E-state index in [0.29, 0.717) is 23.7 Å². The summed E-state index contributed by atoms with van der Waals surface area (Å²) in [6, 6.07) is 15.9. The van der Waals surface area contributed by atoms with Crippen LogP contribution in [0.1, 0.15) is 28.3 Å². The van der Waals surface area contributed by atoms with Crippen LogP contribution in [0.5, 0.6) is 11.5 Å². The van der Waals surface area contributed by atoms with Crippen LogP contribution in [0.3, 0.4) is 0 Å². The third-order valence-electron chi connectivity index (χ3n) is 4.50. The summed E-state index contributed by atoms with van der Waals surface area (Å²) in [5.41, 5.74) is 0.401. The van der Waals surface area contributed by atoms with Crippen LogP contribution >= 0.6 is 0 Å². The van der Waals surface area contributed by atoms with Crippen molar-refractivity contribution >= 4 is 15.7 Å². The van der Waals surface area contributed by atoms with E-state index in [1.165, 1.54) is 25.5 Å². The predicted octanol–water partition coefficient (Wildman–Crippen LogP) is 3.63. The molecule has 8 heteroatoms. The van der Waals surface area contributed by atoms with Crippen LogP contribution in [0.2, 0.25) is 0 Å². The lowest BCUT2D eigenvalue weighted by Gasteiger charge is -2.17. The van der Waals surface area contributed by atoms with Crippen molar-refractivity contribution < 1.29 is 27.1 Å². The fourth-order valence-corrected chi connectivity index (χ4v) is 4.51. The first-order valence-corrected chi connectivity index (χ1v) is 10.9. The highest BCUT2D eigenvalue weighted by molar-refractivity contribution is 7.91. The predicted molar refractivity (Wildman–Crippen MR) is 112 cm³/mol. The third kappa shape index (κ3) is 4.83. The van der Waals surface area contributed by atoms with E-state index < -0.39 is 15.1 Å². The van der Waals surface area contributed by atoms with Gasteiger partial charge in [0, 0.05) is 12.1 Å². The van der Waals surface area contributed by atoms with Gasteiger partial charge in [-0.25, -0.2) is 8.42 Å². The van der Waals surface area contributed by atoms with E-state index in [4.69, 9.17) is 13.9 Å². The molecule has 1 heterocycles. The van der Waals surface area contributed by atoms with Crippen LogP contribution in [0, 0.1) is 0 Å². The Morgan fingerprint density at radius 2 is 1.70 bits per heavy atom. The molecule has 1 atom stereocenters. The second-order valence-electron chi connectivity index (χ2n) is 6.39. The van der Waals surface area contributed by atoms with Crippen LogP contribution in [0.4, 0.5) is 0 Å². The minimum Gasteiger partial charge on any atom is -0.497 e. The zero-order chi connectivity index (χ0) is 21.6. The Labute approximate surface area is 175 Å². The lowest BCUT2D eigenvalue weighted by atomic mass is 10.2. The molecule has 0 aliphatic carbocycles. The largest absolute Gasteiger partial charge is 0.497 e. The summed E-state index contributed by atoms with van der Waals surface area (Å²) in [5.74, 6) is 1.06. The van der Waals surface area contributed by atoms with Crippen molar-refractivity contribution in [3.8, 4) is 11.5 Å². The normalized spacial score (nSPS) is 12.2. The summed E-state index contributed by atoms with van der Waals surface area (Å²) < 4.78 is 42.3. The third-order valence-corrected chi connectivity index (χ3v) is 6.58. The first-order valence-electron chi connectivity index (χ1n) is 9.38. The number of hydrogen-bond donors (Lipinski definition) is 1. The van der Waals surface area contributed by atoms with Gasteiger partial charge in [-0.2, -0.15) is 0 Å². The Morgan fingerprint density at radius 1 is 1.03 bits per heavy atom. The molecule has 0 saturated heterocycles. The van der Waals surface area contributed by atoms with E-state index in [2.05, 4.69) is 5.32 Å². The van der Waals surface area contributed by atoms with Gasteiger partial charge in [0.25, 0.3) is 5.91 Å². The number of methoxy groups -OCH3 is 1. The molecule has 3 aromatic rings. The number of sulfone groups is 1. The van der Waals surface area contributed by atoms with Crippen LogP contribution in [0.15, 0.2) is 76.2 Å². The summed E-state index contributed by atoms with van der Waals surface area (Å²) in [5, 5.41) is 1.62. The number of nitrogens with one attached hydrogen (secondary N) is 1. The molecule has 0 saturated carbocycles. The van der Waals surface area contributed by atoms with Crippen molar-refractivity contribution in [3.05, 3.63) is 78.3 Å². The number of hydrogen-bond acceptors (Lipinski definition) is 6. The molecule has 7 nitrogen and oxygen atoms in total. The fraction of sp³-hybridized carbons (Fsp3) is 0.227. The zero-order valence-corrected chi connectivity index (χ0v) is 17.5. The minimum atomic E-state index is -3.82. The van der Waals surface area contributed by atoms with Crippen molar-refractivity contribution in [2.24, 2.45) is 0 Å². The standard InChI is InChI=1S/C22H23NO6S/c1-3-28-18-8-6-16(7-9-18)22(24)23-15-21(20-5-4-14-29-20)30(25,26)19-12-10-17(27-2)11-13-19/h4-14,21H,3,15H2,1-2H3,(H,23,24)/t21-/m1/s1. The van der Waals surface area contributed by atoms with Crippen molar-refractivity contribution in [2.75, 3.05) is 20.3 Å². The first kappa shape index (κ1) is 21.4. The number of furan rings is 1. The summed E-state index contributed by atoms with van der Waals surface area (Å²) >= 11 is 0. The molecule has 1 N–H and O–H groups in total. The van der Waals surface area contributed by atoms with Crippen molar-refractivity contribution in [3.63, 3.8) is 0 Å². The minimum absolute atomic E-state index is 0.111. The Bertz CT molecular complexity index is 1060. The molecule has 30 heavy (non-hydrogen) atoms. The number of carbonyl (C=O) groups is 1. The molecule has 0 aliphatic rings. The van der Waals surface area contributed by atoms with Gasteiger partial charge in [-0.3, -0.25) is 4.79 Å². The Morgan fingerprint density at radius 3 is 2.27 bits per heavy atom. The van der Waals surface area contributed by atoms with Gasteiger partial charge in [-0.1, -0.05) is 0 Å². The van der Waals surface area contributed by atoms with Gasteiger partial charge in [-0.15, -0.1) is 0 Å². The lowest BCUT2D eigenvalue weighted by molar-refractivity contribution is 0.0953. The average molecular weight is 429 g/mol. The van der Waals surface area contributed by atoms with E-state index in [9.17, 15) is 13.2 Å². The molecule has 2 aromatic carbocycles. The van der Waals surface area contributed by atoms with E-state index in [0.717, 1.165) is 0 Å². The molecule has 0 unspecified atom stereocenters. The van der Waals surface area contributed by atoms with Crippen molar-refractivity contribution in [2.45, 2.75) is 17.1 Å². The van der Waals surface area contributed by atoms with Gasteiger partial charge in [0.1, 0.15) is 22.5 Å². The maximum atomic E-state index is 13.2. The molecule has 0 bridgehead atoms. The van der Waals surface area contributed by atoms with Gasteiger partial charge in [-0.05, 0) is 67.6 Å². The molecule has 0 fully saturated rings. The number of amides is 1. The second kappa shape index (κ2) is 9.49. The highest BCUT2D eigenvalue weighted by atomic mass is 32.2. The molecule has 1 amide bonds. The lowest BCUT2D eigenvalue weighted by Crippen LogP contribution is -2.31. The number of rotatable bonds is 9. The fourth-order valence-electron chi connectivity index (χ4n) is 2.92. The van der Waals surface area contributed by atoms with E-state index >= 15 is 0 Å². The van der Waals surface area contributed by atoms with Crippen molar-refractivity contribution in [1.82, 2.24) is 5.32 Å². The number of carbonyl (C=O) groups excluding carboxylic acids is 1. The average Bonchev–Trinajstić information content (AvgIpc) is 3.29. The highest BCUT2D eigenvalue weighted by Crippen LogP contribution is 2.30. The Kier molecular flexibility index (Phi) is 6.79. The summed E-state index contributed by atoms with van der Waals surface area (Å²) in [7, 11) is -2.32. The van der Waals surface area contributed by atoms with Crippen molar-refractivity contribution in [1.29, 1.82) is 0 Å². The monoisotopic (exact) mass is 429 g/mol. The molecule has 158 valence electrons. The summed E-state index contributed by atoms with van der Waals surface area (Å²) in [6.07, 6.45) is 1.40. The maximum absolute atomic E-state index is 13.2. The summed E-state index contributed by atoms with van der Waals surface area (Å²) in [4.78, 5) is 12.7. The Balaban J connectivity index is 1.80.